The molecule has 2 N–H and O–H groups in total. The normalized spacial score (nSPS) is 22.9. The third-order valence-electron chi connectivity index (χ3n) is 4.59. The Morgan fingerprint density at radius 2 is 1.95 bits per heavy atom. The Bertz CT molecular complexity index is 517. The van der Waals surface area contributed by atoms with Gasteiger partial charge >= 0.3 is 0 Å². The summed E-state index contributed by atoms with van der Waals surface area (Å²) in [6, 6.07) is 3.91. The molecule has 3 unspecified atom stereocenters. The van der Waals surface area contributed by atoms with E-state index in [2.05, 4.69) is 4.90 Å². The Balaban J connectivity index is 2.36. The van der Waals surface area contributed by atoms with Crippen LogP contribution < -0.4 is 5.73 Å². The summed E-state index contributed by atoms with van der Waals surface area (Å²) >= 11 is 0. The van der Waals surface area contributed by atoms with E-state index in [-0.39, 0.29) is 23.8 Å². The topological polar surface area (TPSA) is 46.3 Å². The molecule has 5 heteroatoms. The quantitative estimate of drug-likeness (QED) is 0.877. The Morgan fingerprint density at radius 3 is 2.38 bits per heavy atom. The minimum atomic E-state index is -0.850. The molecule has 0 aliphatic heterocycles. The van der Waals surface area contributed by atoms with Crippen LogP contribution >= 0.6 is 0 Å². The number of primary amides is 1. The number of nitrogens with two attached hydrogens (primary N) is 1. The first-order valence-corrected chi connectivity index (χ1v) is 7.47. The number of benzene rings is 1. The maximum absolute atomic E-state index is 13.6. The SMILES string of the molecule is CCN(CC)C(c1ccc(F)c(F)c1)C1CCC1C(N)=O. The molecule has 3 atom stereocenters. The van der Waals surface area contributed by atoms with Gasteiger partial charge in [0.15, 0.2) is 11.6 Å². The van der Waals surface area contributed by atoms with Crippen molar-refractivity contribution in [2.45, 2.75) is 32.7 Å². The Hall–Kier alpha value is -1.49. The zero-order chi connectivity index (χ0) is 15.6. The summed E-state index contributed by atoms with van der Waals surface area (Å²) in [4.78, 5) is 13.7. The van der Waals surface area contributed by atoms with Crippen LogP contribution in [0.15, 0.2) is 18.2 Å². The molecule has 0 saturated heterocycles. The molecule has 1 fully saturated rings. The van der Waals surface area contributed by atoms with Gasteiger partial charge in [-0.15, -0.1) is 0 Å². The number of nitrogens with zero attached hydrogens (tertiary/aromatic N) is 1. The average Bonchev–Trinajstić information content (AvgIpc) is 2.40. The lowest BCUT2D eigenvalue weighted by Crippen LogP contribution is -2.46. The zero-order valence-corrected chi connectivity index (χ0v) is 12.5. The van der Waals surface area contributed by atoms with E-state index in [4.69, 9.17) is 5.73 Å². The summed E-state index contributed by atoms with van der Waals surface area (Å²) < 4.78 is 26.7. The number of halogens is 2. The molecular formula is C16H22F2N2O. The van der Waals surface area contributed by atoms with Crippen LogP contribution in [0.3, 0.4) is 0 Å². The second-order valence-corrected chi connectivity index (χ2v) is 5.59. The number of carbonyl (C=O) groups is 1. The highest BCUT2D eigenvalue weighted by molar-refractivity contribution is 5.78. The van der Waals surface area contributed by atoms with Crippen molar-refractivity contribution in [3.63, 3.8) is 0 Å². The lowest BCUT2D eigenvalue weighted by molar-refractivity contribution is -0.129. The van der Waals surface area contributed by atoms with Gasteiger partial charge in [0.05, 0.1) is 0 Å². The fraction of sp³-hybridized carbons (Fsp3) is 0.562. The first kappa shape index (κ1) is 15.9. The van der Waals surface area contributed by atoms with E-state index < -0.39 is 11.6 Å². The van der Waals surface area contributed by atoms with E-state index in [0.29, 0.717) is 5.56 Å². The fourth-order valence-electron chi connectivity index (χ4n) is 3.30. The Kier molecular flexibility index (Phi) is 4.93. The Morgan fingerprint density at radius 1 is 1.29 bits per heavy atom. The third kappa shape index (κ3) is 3.07. The summed E-state index contributed by atoms with van der Waals surface area (Å²) in [5.41, 5.74) is 6.17. The standard InChI is InChI=1S/C16H22F2N2O/c1-3-20(4-2)15(11-6-7-12(11)16(19)21)10-5-8-13(17)14(18)9-10/h5,8-9,11-12,15H,3-4,6-7H2,1-2H3,(H2,19,21). The molecular weight excluding hydrogens is 274 g/mol. The smallest absolute Gasteiger partial charge is 0.220 e. The van der Waals surface area contributed by atoms with Gasteiger partial charge in [-0.1, -0.05) is 19.9 Å². The average molecular weight is 296 g/mol. The van der Waals surface area contributed by atoms with Crippen molar-refractivity contribution in [3.8, 4) is 0 Å². The Labute approximate surface area is 124 Å². The zero-order valence-electron chi connectivity index (χ0n) is 12.5. The summed E-state index contributed by atoms with van der Waals surface area (Å²) in [6.45, 7) is 5.60. The fourth-order valence-corrected chi connectivity index (χ4v) is 3.30. The monoisotopic (exact) mass is 296 g/mol. The molecule has 2 rings (SSSR count). The molecule has 0 bridgehead atoms. The number of amides is 1. The molecule has 1 saturated carbocycles. The van der Waals surface area contributed by atoms with Gasteiger partial charge in [0.25, 0.3) is 0 Å². The van der Waals surface area contributed by atoms with Crippen LogP contribution in [0.2, 0.25) is 0 Å². The molecule has 21 heavy (non-hydrogen) atoms. The number of rotatable bonds is 6. The lowest BCUT2D eigenvalue weighted by atomic mass is 9.67. The maximum atomic E-state index is 13.6. The maximum Gasteiger partial charge on any atom is 0.220 e. The molecule has 116 valence electrons. The van der Waals surface area contributed by atoms with Crippen LogP contribution in [0, 0.1) is 23.5 Å². The van der Waals surface area contributed by atoms with Gasteiger partial charge in [0, 0.05) is 12.0 Å². The summed E-state index contributed by atoms with van der Waals surface area (Å²) in [6.07, 6.45) is 1.66. The largest absolute Gasteiger partial charge is 0.369 e. The predicted molar refractivity (Wildman–Crippen MR) is 77.4 cm³/mol. The van der Waals surface area contributed by atoms with Gasteiger partial charge < -0.3 is 5.73 Å². The van der Waals surface area contributed by atoms with Crippen molar-refractivity contribution in [3.05, 3.63) is 35.4 Å². The molecule has 0 radical (unpaired) electrons. The van der Waals surface area contributed by atoms with Gasteiger partial charge in [0.1, 0.15) is 0 Å². The third-order valence-corrected chi connectivity index (χ3v) is 4.59. The molecule has 0 heterocycles. The first-order chi connectivity index (χ1) is 9.99. The number of carbonyl (C=O) groups excluding carboxylic acids is 1. The van der Waals surface area contributed by atoms with Crippen molar-refractivity contribution < 1.29 is 13.6 Å². The van der Waals surface area contributed by atoms with Crippen molar-refractivity contribution in [2.75, 3.05) is 13.1 Å². The second-order valence-electron chi connectivity index (χ2n) is 5.59. The van der Waals surface area contributed by atoms with E-state index in [1.54, 1.807) is 6.07 Å². The van der Waals surface area contributed by atoms with Gasteiger partial charge in [-0.05, 0) is 49.5 Å². The van der Waals surface area contributed by atoms with Crippen LogP contribution in [0.25, 0.3) is 0 Å². The van der Waals surface area contributed by atoms with Gasteiger partial charge in [-0.25, -0.2) is 8.78 Å². The van der Waals surface area contributed by atoms with Crippen LogP contribution in [0.5, 0.6) is 0 Å². The minimum absolute atomic E-state index is 0.0762. The molecule has 1 aromatic rings. The molecule has 1 aliphatic rings. The molecule has 1 aromatic carbocycles. The van der Waals surface area contributed by atoms with E-state index in [1.807, 2.05) is 13.8 Å². The van der Waals surface area contributed by atoms with Crippen molar-refractivity contribution in [1.82, 2.24) is 4.90 Å². The molecule has 1 amide bonds. The van der Waals surface area contributed by atoms with Crippen molar-refractivity contribution in [1.29, 1.82) is 0 Å². The lowest BCUT2D eigenvalue weighted by Gasteiger charge is -2.45. The number of hydrogen-bond donors (Lipinski definition) is 1. The van der Waals surface area contributed by atoms with E-state index in [1.165, 1.54) is 6.07 Å². The molecule has 1 aliphatic carbocycles. The second kappa shape index (κ2) is 6.52. The van der Waals surface area contributed by atoms with Crippen molar-refractivity contribution in [2.24, 2.45) is 17.6 Å². The molecule has 0 spiro atoms. The van der Waals surface area contributed by atoms with Crippen LogP contribution in [-0.4, -0.2) is 23.9 Å². The van der Waals surface area contributed by atoms with Crippen molar-refractivity contribution >= 4 is 5.91 Å². The number of hydrogen-bond acceptors (Lipinski definition) is 2. The van der Waals surface area contributed by atoms with Gasteiger partial charge in [-0.3, -0.25) is 9.69 Å². The molecule has 3 nitrogen and oxygen atoms in total. The van der Waals surface area contributed by atoms with E-state index >= 15 is 0 Å². The molecule has 0 aromatic heterocycles. The summed E-state index contributed by atoms with van der Waals surface area (Å²) in [5, 5.41) is 0. The van der Waals surface area contributed by atoms with E-state index in [0.717, 1.165) is 32.0 Å². The summed E-state index contributed by atoms with van der Waals surface area (Å²) in [5.74, 6) is -2.10. The highest BCUT2D eigenvalue weighted by Crippen LogP contribution is 2.45. The van der Waals surface area contributed by atoms with Crippen LogP contribution in [0.1, 0.15) is 38.3 Å². The predicted octanol–water partition coefficient (Wildman–Crippen LogP) is 2.86. The van der Waals surface area contributed by atoms with Crippen LogP contribution in [0.4, 0.5) is 8.78 Å². The van der Waals surface area contributed by atoms with Gasteiger partial charge in [-0.2, -0.15) is 0 Å². The van der Waals surface area contributed by atoms with Crippen LogP contribution in [-0.2, 0) is 4.79 Å². The first-order valence-electron chi connectivity index (χ1n) is 7.47. The van der Waals surface area contributed by atoms with E-state index in [9.17, 15) is 13.6 Å². The highest BCUT2D eigenvalue weighted by atomic mass is 19.2. The highest BCUT2D eigenvalue weighted by Gasteiger charge is 2.42. The van der Waals surface area contributed by atoms with Gasteiger partial charge in [0.2, 0.25) is 5.91 Å². The minimum Gasteiger partial charge on any atom is -0.369 e. The summed E-state index contributed by atoms with van der Waals surface area (Å²) in [7, 11) is 0.